The van der Waals surface area contributed by atoms with Crippen LogP contribution in [0.1, 0.15) is 18.7 Å². The summed E-state index contributed by atoms with van der Waals surface area (Å²) in [7, 11) is -1.89. The lowest BCUT2D eigenvalue weighted by Gasteiger charge is -2.52. The van der Waals surface area contributed by atoms with E-state index in [0.29, 0.717) is 12.4 Å². The van der Waals surface area contributed by atoms with Gasteiger partial charge in [0, 0.05) is 31.8 Å². The largest absolute Gasteiger partial charge is 0.376 e. The van der Waals surface area contributed by atoms with Gasteiger partial charge < -0.3 is 15.0 Å². The lowest BCUT2D eigenvalue weighted by Crippen LogP contribution is -2.71. The van der Waals surface area contributed by atoms with E-state index in [1.807, 2.05) is 0 Å². The number of fused-ring (bicyclic) bond motifs is 1. The van der Waals surface area contributed by atoms with Crippen molar-refractivity contribution in [3.8, 4) is 0 Å². The molecule has 2 fully saturated rings. The van der Waals surface area contributed by atoms with E-state index in [1.165, 1.54) is 6.20 Å². The highest BCUT2D eigenvalue weighted by Gasteiger charge is 2.52. The van der Waals surface area contributed by atoms with Crippen LogP contribution in [0.15, 0.2) is 11.2 Å². The zero-order valence-corrected chi connectivity index (χ0v) is 12.4. The summed E-state index contributed by atoms with van der Waals surface area (Å²) in [5.41, 5.74) is 6.07. The van der Waals surface area contributed by atoms with Gasteiger partial charge in [-0.2, -0.15) is 0 Å². The summed E-state index contributed by atoms with van der Waals surface area (Å²) >= 11 is 0. The second-order valence-corrected chi connectivity index (χ2v) is 7.26. The van der Waals surface area contributed by atoms with Gasteiger partial charge in [-0.15, -0.1) is 0 Å². The minimum absolute atomic E-state index is 0.0314. The molecule has 112 valence electrons. The molecular formula is C12H20N4O3S. The number of sulfonamides is 1. The van der Waals surface area contributed by atoms with Crippen LogP contribution < -0.4 is 10.5 Å². The summed E-state index contributed by atoms with van der Waals surface area (Å²) in [6, 6.07) is -0.535. The van der Waals surface area contributed by atoms with Crippen molar-refractivity contribution >= 4 is 10.0 Å². The van der Waals surface area contributed by atoms with Gasteiger partial charge >= 0.3 is 0 Å². The number of nitrogens with zero attached hydrogens (tertiary/aromatic N) is 2. The van der Waals surface area contributed by atoms with Gasteiger partial charge in [0.1, 0.15) is 5.82 Å². The summed E-state index contributed by atoms with van der Waals surface area (Å²) in [4.78, 5) is 4.05. The van der Waals surface area contributed by atoms with Crippen molar-refractivity contribution in [1.82, 2.24) is 14.3 Å². The molecule has 1 aromatic rings. The van der Waals surface area contributed by atoms with E-state index in [1.54, 1.807) is 18.5 Å². The van der Waals surface area contributed by atoms with Crippen LogP contribution in [0, 0.1) is 12.8 Å². The molecule has 0 amide bonds. The van der Waals surface area contributed by atoms with E-state index < -0.39 is 10.0 Å². The maximum Gasteiger partial charge on any atom is 0.259 e. The molecule has 1 saturated carbocycles. The van der Waals surface area contributed by atoms with Gasteiger partial charge in [-0.25, -0.2) is 18.1 Å². The molecule has 4 atom stereocenters. The molecule has 20 heavy (non-hydrogen) atoms. The first-order valence-corrected chi connectivity index (χ1v) is 8.28. The van der Waals surface area contributed by atoms with Crippen LogP contribution >= 0.6 is 0 Å². The van der Waals surface area contributed by atoms with E-state index in [-0.39, 0.29) is 29.1 Å². The normalized spacial score (nSPS) is 33.5. The molecule has 0 spiro atoms. The molecule has 4 unspecified atom stereocenters. The average Bonchev–Trinajstić information content (AvgIpc) is 2.77. The van der Waals surface area contributed by atoms with Gasteiger partial charge in [0.2, 0.25) is 0 Å². The number of nitrogens with two attached hydrogens (primary N) is 1. The Bertz CT molecular complexity index is 593. The van der Waals surface area contributed by atoms with Crippen molar-refractivity contribution in [1.29, 1.82) is 0 Å². The molecule has 1 saturated heterocycles. The summed E-state index contributed by atoms with van der Waals surface area (Å²) in [5, 5.41) is 0.0314. The van der Waals surface area contributed by atoms with Crippen LogP contribution in [0.2, 0.25) is 0 Å². The molecule has 1 aromatic heterocycles. The van der Waals surface area contributed by atoms with Gasteiger partial charge in [0.05, 0.1) is 12.1 Å². The third-order valence-corrected chi connectivity index (χ3v) is 5.66. The lowest BCUT2D eigenvalue weighted by atomic mass is 9.69. The molecule has 1 aliphatic heterocycles. The number of rotatable bonds is 3. The van der Waals surface area contributed by atoms with Crippen LogP contribution in [-0.4, -0.2) is 42.8 Å². The van der Waals surface area contributed by atoms with Crippen molar-refractivity contribution in [2.45, 2.75) is 43.0 Å². The molecule has 0 aromatic carbocycles. The summed E-state index contributed by atoms with van der Waals surface area (Å²) in [5.74, 6) is 0.914. The number of ether oxygens (including phenoxy) is 1. The highest BCUT2D eigenvalue weighted by atomic mass is 32.2. The first-order valence-electron chi connectivity index (χ1n) is 6.79. The monoisotopic (exact) mass is 300 g/mol. The van der Waals surface area contributed by atoms with Gasteiger partial charge in [0.25, 0.3) is 10.0 Å². The minimum atomic E-state index is -3.65. The first kappa shape index (κ1) is 14.0. The number of aromatic nitrogens is 2. The van der Waals surface area contributed by atoms with Crippen molar-refractivity contribution in [3.05, 3.63) is 12.0 Å². The van der Waals surface area contributed by atoms with Crippen LogP contribution in [0.4, 0.5) is 0 Å². The molecule has 0 radical (unpaired) electrons. The first-order chi connectivity index (χ1) is 9.40. The topological polar surface area (TPSA) is 99.2 Å². The van der Waals surface area contributed by atoms with Gasteiger partial charge in [-0.3, -0.25) is 0 Å². The fourth-order valence-electron chi connectivity index (χ4n) is 2.99. The Morgan fingerprint density at radius 2 is 2.30 bits per heavy atom. The van der Waals surface area contributed by atoms with Crippen LogP contribution in [0.3, 0.4) is 0 Å². The molecule has 2 aliphatic rings. The molecule has 2 heterocycles. The van der Waals surface area contributed by atoms with Crippen LogP contribution in [-0.2, 0) is 21.8 Å². The Kier molecular flexibility index (Phi) is 3.36. The molecule has 7 nitrogen and oxygen atoms in total. The molecule has 8 heteroatoms. The van der Waals surface area contributed by atoms with Crippen LogP contribution in [0.5, 0.6) is 0 Å². The average molecular weight is 300 g/mol. The Labute approximate surface area is 118 Å². The van der Waals surface area contributed by atoms with Gasteiger partial charge in [-0.1, -0.05) is 0 Å². The van der Waals surface area contributed by atoms with Gasteiger partial charge in [-0.05, 0) is 19.8 Å². The van der Waals surface area contributed by atoms with E-state index >= 15 is 0 Å². The van der Waals surface area contributed by atoms with Crippen molar-refractivity contribution in [2.24, 2.45) is 18.7 Å². The predicted octanol–water partition coefficient (Wildman–Crippen LogP) is -0.488. The van der Waals surface area contributed by atoms with E-state index in [2.05, 4.69) is 9.71 Å². The Morgan fingerprint density at radius 1 is 1.55 bits per heavy atom. The summed E-state index contributed by atoms with van der Waals surface area (Å²) in [6.45, 7) is 2.43. The summed E-state index contributed by atoms with van der Waals surface area (Å²) < 4.78 is 34.6. The number of aryl methyl sites for hydroxylation is 2. The second kappa shape index (κ2) is 4.80. The molecule has 3 N–H and O–H groups in total. The minimum Gasteiger partial charge on any atom is -0.376 e. The van der Waals surface area contributed by atoms with Crippen molar-refractivity contribution < 1.29 is 13.2 Å². The number of nitrogens with one attached hydrogen (secondary N) is 1. The Morgan fingerprint density at radius 3 is 2.95 bits per heavy atom. The number of hydrogen-bond acceptors (Lipinski definition) is 5. The molecular weight excluding hydrogens is 280 g/mol. The highest BCUT2D eigenvalue weighted by Crippen LogP contribution is 2.37. The maximum absolute atomic E-state index is 12.3. The second-order valence-electron chi connectivity index (χ2n) is 5.60. The predicted molar refractivity (Wildman–Crippen MR) is 72.5 cm³/mol. The quantitative estimate of drug-likeness (QED) is 0.785. The third-order valence-electron chi connectivity index (χ3n) is 4.33. The fourth-order valence-corrected chi connectivity index (χ4v) is 4.31. The molecule has 3 rings (SSSR count). The maximum atomic E-state index is 12.3. The fraction of sp³-hybridized carbons (Fsp3) is 0.750. The summed E-state index contributed by atoms with van der Waals surface area (Å²) in [6.07, 6.45) is 3.40. The third kappa shape index (κ3) is 2.16. The van der Waals surface area contributed by atoms with E-state index in [0.717, 1.165) is 12.8 Å². The van der Waals surface area contributed by atoms with Crippen molar-refractivity contribution in [2.75, 3.05) is 6.61 Å². The standard InChI is InChI=1S/C12H20N4O3S/c1-7-14-9(6-16(7)2)20(17,18)15-11-10(13)8-4-3-5-19-12(8)11/h6,8,10-12,15H,3-5,13H2,1-2H3. The zero-order valence-electron chi connectivity index (χ0n) is 11.6. The molecule has 0 bridgehead atoms. The van der Waals surface area contributed by atoms with Gasteiger partial charge in [0.15, 0.2) is 5.03 Å². The highest BCUT2D eigenvalue weighted by molar-refractivity contribution is 7.89. The lowest BCUT2D eigenvalue weighted by molar-refractivity contribution is -0.114. The number of imidazole rings is 1. The van der Waals surface area contributed by atoms with E-state index in [9.17, 15) is 8.42 Å². The Hall–Kier alpha value is -0.960. The van der Waals surface area contributed by atoms with Crippen LogP contribution in [0.25, 0.3) is 0 Å². The van der Waals surface area contributed by atoms with E-state index in [4.69, 9.17) is 10.5 Å². The zero-order chi connectivity index (χ0) is 14.5. The smallest absolute Gasteiger partial charge is 0.259 e. The van der Waals surface area contributed by atoms with Crippen molar-refractivity contribution in [3.63, 3.8) is 0 Å². The molecule has 1 aliphatic carbocycles. The SMILES string of the molecule is Cc1nc(S(=O)(=O)NC2C(N)C3CCCOC32)cn1C. The Balaban J connectivity index is 1.77. The number of hydrogen-bond donors (Lipinski definition) is 2.